The summed E-state index contributed by atoms with van der Waals surface area (Å²) in [7, 11) is 0. The van der Waals surface area contributed by atoms with E-state index in [-0.39, 0.29) is 17.4 Å². The maximum absolute atomic E-state index is 12.4. The van der Waals surface area contributed by atoms with E-state index in [1.54, 1.807) is 12.4 Å². The normalized spacial score (nSPS) is 16.9. The highest BCUT2D eigenvalue weighted by atomic mass is 79.9. The predicted octanol–water partition coefficient (Wildman–Crippen LogP) is 3.05. The second-order valence-corrected chi connectivity index (χ2v) is 6.95. The van der Waals surface area contributed by atoms with E-state index in [1.807, 2.05) is 18.7 Å². The molecule has 0 unspecified atom stereocenters. The van der Waals surface area contributed by atoms with E-state index in [0.717, 1.165) is 36.8 Å². The molecule has 1 amide bonds. The molecular weight excluding hydrogens is 334 g/mol. The van der Waals surface area contributed by atoms with Gasteiger partial charge in [-0.2, -0.15) is 0 Å². The van der Waals surface area contributed by atoms with E-state index in [0.29, 0.717) is 6.01 Å². The quantitative estimate of drug-likeness (QED) is 0.832. The molecule has 0 bridgehead atoms. The zero-order valence-corrected chi connectivity index (χ0v) is 14.4. The highest BCUT2D eigenvalue weighted by molar-refractivity contribution is 9.10. The van der Waals surface area contributed by atoms with Gasteiger partial charge in [0, 0.05) is 43.7 Å². The third-order valence-corrected chi connectivity index (χ3v) is 4.47. The molecule has 21 heavy (non-hydrogen) atoms. The summed E-state index contributed by atoms with van der Waals surface area (Å²) in [5.74, 6) is 0.239. The summed E-state index contributed by atoms with van der Waals surface area (Å²) in [5.41, 5.74) is -0.275. The van der Waals surface area contributed by atoms with Crippen molar-refractivity contribution in [2.75, 3.05) is 13.1 Å². The van der Waals surface area contributed by atoms with Crippen molar-refractivity contribution in [2.45, 2.75) is 46.1 Å². The summed E-state index contributed by atoms with van der Waals surface area (Å²) in [4.78, 5) is 22.6. The average Bonchev–Trinajstić information content (AvgIpc) is 2.49. The minimum atomic E-state index is -0.275. The lowest BCUT2D eigenvalue weighted by atomic mass is 9.88. The van der Waals surface area contributed by atoms with Crippen molar-refractivity contribution in [3.05, 3.63) is 16.9 Å². The molecule has 1 aliphatic heterocycles. The summed E-state index contributed by atoms with van der Waals surface area (Å²) < 4.78 is 6.60. The molecule has 0 spiro atoms. The van der Waals surface area contributed by atoms with Crippen LogP contribution in [0.1, 0.15) is 40.0 Å². The van der Waals surface area contributed by atoms with Crippen LogP contribution in [0.5, 0.6) is 6.01 Å². The molecule has 2 rings (SSSR count). The topological polar surface area (TPSA) is 55.3 Å². The summed E-state index contributed by atoms with van der Waals surface area (Å²) in [6.45, 7) is 7.55. The van der Waals surface area contributed by atoms with Crippen molar-refractivity contribution in [1.29, 1.82) is 0 Å². The van der Waals surface area contributed by atoms with Crippen LogP contribution in [-0.4, -0.2) is 40.0 Å². The number of likely N-dealkylation sites (tertiary alicyclic amines) is 1. The number of carbonyl (C=O) groups is 1. The summed E-state index contributed by atoms with van der Waals surface area (Å²) in [6.07, 6.45) is 5.93. The lowest BCUT2D eigenvalue weighted by molar-refractivity contribution is -0.142. The second kappa shape index (κ2) is 6.73. The Morgan fingerprint density at radius 1 is 1.38 bits per heavy atom. The number of ether oxygens (including phenoxy) is 1. The maximum atomic E-state index is 12.4. The standard InChI is InChI=1S/C15H22BrN3O2/c1-4-15(2,3)13(20)19-7-5-12(6-8-19)21-14-17-9-11(16)10-18-14/h9-10,12H,4-8H2,1-3H3. The Kier molecular flexibility index (Phi) is 5.19. The van der Waals surface area contributed by atoms with Gasteiger partial charge in [0.05, 0.1) is 4.47 Å². The first-order valence-electron chi connectivity index (χ1n) is 7.36. The van der Waals surface area contributed by atoms with Crippen LogP contribution in [0.2, 0.25) is 0 Å². The molecule has 2 heterocycles. The minimum Gasteiger partial charge on any atom is -0.460 e. The molecule has 1 aliphatic rings. The Hall–Kier alpha value is -1.17. The molecular formula is C15H22BrN3O2. The summed E-state index contributed by atoms with van der Waals surface area (Å²) >= 11 is 3.30. The Balaban J connectivity index is 1.86. The monoisotopic (exact) mass is 355 g/mol. The van der Waals surface area contributed by atoms with E-state index in [4.69, 9.17) is 4.74 Å². The van der Waals surface area contributed by atoms with Gasteiger partial charge in [-0.1, -0.05) is 20.8 Å². The number of carbonyl (C=O) groups excluding carboxylic acids is 1. The van der Waals surface area contributed by atoms with Crippen LogP contribution in [0.3, 0.4) is 0 Å². The molecule has 0 atom stereocenters. The van der Waals surface area contributed by atoms with E-state index in [9.17, 15) is 4.79 Å². The fourth-order valence-electron chi connectivity index (χ4n) is 2.27. The van der Waals surface area contributed by atoms with Gasteiger partial charge in [-0.25, -0.2) is 9.97 Å². The number of rotatable bonds is 4. The Bertz CT molecular complexity index is 482. The zero-order valence-electron chi connectivity index (χ0n) is 12.8. The summed E-state index contributed by atoms with van der Waals surface area (Å²) in [5, 5.41) is 0. The van der Waals surface area contributed by atoms with Gasteiger partial charge in [-0.3, -0.25) is 4.79 Å². The lowest BCUT2D eigenvalue weighted by Crippen LogP contribution is -2.47. The largest absolute Gasteiger partial charge is 0.460 e. The summed E-state index contributed by atoms with van der Waals surface area (Å²) in [6, 6.07) is 0.400. The van der Waals surface area contributed by atoms with E-state index in [2.05, 4.69) is 32.8 Å². The van der Waals surface area contributed by atoms with Crippen molar-refractivity contribution in [3.8, 4) is 6.01 Å². The fourth-order valence-corrected chi connectivity index (χ4v) is 2.47. The van der Waals surface area contributed by atoms with Gasteiger partial charge < -0.3 is 9.64 Å². The SMILES string of the molecule is CCC(C)(C)C(=O)N1CCC(Oc2ncc(Br)cn2)CC1. The Labute approximate surface area is 134 Å². The van der Waals surface area contributed by atoms with Crippen molar-refractivity contribution in [1.82, 2.24) is 14.9 Å². The van der Waals surface area contributed by atoms with Gasteiger partial charge in [-0.05, 0) is 22.4 Å². The number of nitrogens with zero attached hydrogens (tertiary/aromatic N) is 3. The van der Waals surface area contributed by atoms with Crippen LogP contribution in [0.15, 0.2) is 16.9 Å². The Morgan fingerprint density at radius 3 is 2.48 bits per heavy atom. The van der Waals surface area contributed by atoms with Crippen LogP contribution in [0.25, 0.3) is 0 Å². The number of amides is 1. The van der Waals surface area contributed by atoms with Crippen molar-refractivity contribution in [2.24, 2.45) is 5.41 Å². The first-order valence-corrected chi connectivity index (χ1v) is 8.15. The van der Waals surface area contributed by atoms with Crippen LogP contribution in [-0.2, 0) is 4.79 Å². The van der Waals surface area contributed by atoms with Crippen molar-refractivity contribution < 1.29 is 9.53 Å². The molecule has 6 heteroatoms. The number of piperidine rings is 1. The maximum Gasteiger partial charge on any atom is 0.316 e. The van der Waals surface area contributed by atoms with Gasteiger partial charge in [-0.15, -0.1) is 0 Å². The molecule has 0 radical (unpaired) electrons. The molecule has 1 fully saturated rings. The third-order valence-electron chi connectivity index (χ3n) is 4.06. The first kappa shape index (κ1) is 16.2. The van der Waals surface area contributed by atoms with Gasteiger partial charge >= 0.3 is 6.01 Å². The van der Waals surface area contributed by atoms with E-state index >= 15 is 0 Å². The molecule has 1 saturated heterocycles. The highest BCUT2D eigenvalue weighted by Gasteiger charge is 2.33. The van der Waals surface area contributed by atoms with Crippen molar-refractivity contribution >= 4 is 21.8 Å². The molecule has 5 nitrogen and oxygen atoms in total. The molecule has 0 aliphatic carbocycles. The van der Waals surface area contributed by atoms with E-state index < -0.39 is 0 Å². The second-order valence-electron chi connectivity index (χ2n) is 6.03. The third kappa shape index (κ3) is 4.15. The molecule has 0 saturated carbocycles. The predicted molar refractivity (Wildman–Crippen MR) is 84.0 cm³/mol. The minimum absolute atomic E-state index is 0.0833. The fraction of sp³-hybridized carbons (Fsp3) is 0.667. The first-order chi connectivity index (χ1) is 9.92. The Morgan fingerprint density at radius 2 is 1.95 bits per heavy atom. The van der Waals surface area contributed by atoms with Gasteiger partial charge in [0.2, 0.25) is 5.91 Å². The number of halogens is 1. The van der Waals surface area contributed by atoms with Crippen LogP contribution in [0.4, 0.5) is 0 Å². The lowest BCUT2D eigenvalue weighted by Gasteiger charge is -2.36. The van der Waals surface area contributed by atoms with Crippen molar-refractivity contribution in [3.63, 3.8) is 0 Å². The van der Waals surface area contributed by atoms with Crippen LogP contribution >= 0.6 is 15.9 Å². The van der Waals surface area contributed by atoms with E-state index in [1.165, 1.54) is 0 Å². The zero-order chi connectivity index (χ0) is 15.5. The van der Waals surface area contributed by atoms with Gasteiger partial charge in [0.15, 0.2) is 0 Å². The molecule has 0 N–H and O–H groups in total. The van der Waals surface area contributed by atoms with Gasteiger partial charge in [0.25, 0.3) is 0 Å². The average molecular weight is 356 g/mol. The number of hydrogen-bond donors (Lipinski definition) is 0. The number of hydrogen-bond acceptors (Lipinski definition) is 4. The molecule has 1 aromatic heterocycles. The smallest absolute Gasteiger partial charge is 0.316 e. The van der Waals surface area contributed by atoms with Crippen LogP contribution < -0.4 is 4.74 Å². The van der Waals surface area contributed by atoms with Crippen LogP contribution in [0, 0.1) is 5.41 Å². The number of aromatic nitrogens is 2. The molecule has 116 valence electrons. The van der Waals surface area contributed by atoms with Gasteiger partial charge in [0.1, 0.15) is 6.10 Å². The molecule has 1 aromatic rings. The highest BCUT2D eigenvalue weighted by Crippen LogP contribution is 2.26. The molecule has 0 aromatic carbocycles.